The van der Waals surface area contributed by atoms with Gasteiger partial charge in [-0.05, 0) is 35.0 Å². The summed E-state index contributed by atoms with van der Waals surface area (Å²) < 4.78 is 0. The lowest BCUT2D eigenvalue weighted by Crippen LogP contribution is -2.36. The Morgan fingerprint density at radius 3 is 2.15 bits per heavy atom. The van der Waals surface area contributed by atoms with Gasteiger partial charge < -0.3 is 4.90 Å². The molecule has 0 N–H and O–H groups in total. The topological polar surface area (TPSA) is 6.48 Å². The van der Waals surface area contributed by atoms with Crippen LogP contribution >= 0.6 is 35.0 Å². The summed E-state index contributed by atoms with van der Waals surface area (Å²) in [5.41, 5.74) is 2.57. The lowest BCUT2D eigenvalue weighted by Gasteiger charge is -2.34. The number of hydrogen-bond donors (Lipinski definition) is 0. The van der Waals surface area contributed by atoms with E-state index in [9.17, 15) is 0 Å². The summed E-state index contributed by atoms with van der Waals surface area (Å²) in [6.45, 7) is 3.58. The van der Waals surface area contributed by atoms with Crippen molar-refractivity contribution in [2.75, 3.05) is 42.8 Å². The van der Waals surface area contributed by atoms with Crippen molar-refractivity contribution in [3.8, 4) is 0 Å². The Morgan fingerprint density at radius 1 is 0.741 bits per heavy atom. The van der Waals surface area contributed by atoms with E-state index in [1.54, 1.807) is 0 Å². The minimum atomic E-state index is 0.630. The van der Waals surface area contributed by atoms with Crippen molar-refractivity contribution in [3.05, 3.63) is 60.7 Å². The average molecular weight is 417 g/mol. The molecule has 0 amide bonds. The Bertz CT molecular complexity index is 925. The Kier molecular flexibility index (Phi) is 6.14. The third-order valence-electron chi connectivity index (χ3n) is 4.94. The summed E-state index contributed by atoms with van der Waals surface area (Å²) >= 11 is 13.8. The average Bonchev–Trinajstić information content (AvgIpc) is 2.70. The second-order valence-corrected chi connectivity index (χ2v) is 8.45. The maximum atomic E-state index is 5.98. The van der Waals surface area contributed by atoms with Crippen LogP contribution in [0.5, 0.6) is 0 Å². The number of para-hydroxylation sites is 1. The molecular formula is C22H22Cl2N2S. The van der Waals surface area contributed by atoms with E-state index in [4.69, 9.17) is 23.2 Å². The zero-order valence-corrected chi connectivity index (χ0v) is 17.4. The van der Waals surface area contributed by atoms with Crippen LogP contribution in [0.2, 0.25) is 0 Å². The molecule has 0 saturated heterocycles. The third kappa shape index (κ3) is 4.07. The van der Waals surface area contributed by atoms with E-state index in [0.29, 0.717) is 11.8 Å². The van der Waals surface area contributed by atoms with Crippen molar-refractivity contribution in [1.29, 1.82) is 0 Å². The Morgan fingerprint density at radius 2 is 1.41 bits per heavy atom. The molecule has 0 radical (unpaired) electrons. The van der Waals surface area contributed by atoms with Crippen molar-refractivity contribution in [3.63, 3.8) is 0 Å². The largest absolute Gasteiger partial charge is 0.338 e. The van der Waals surface area contributed by atoms with Crippen molar-refractivity contribution in [1.82, 2.24) is 4.90 Å². The van der Waals surface area contributed by atoms with Gasteiger partial charge in [-0.3, -0.25) is 4.90 Å². The monoisotopic (exact) mass is 416 g/mol. The number of nitrogens with zero attached hydrogens (tertiary/aromatic N) is 2. The first kappa shape index (κ1) is 18.9. The van der Waals surface area contributed by atoms with Crippen molar-refractivity contribution >= 4 is 57.1 Å². The van der Waals surface area contributed by atoms with Crippen LogP contribution in [0.15, 0.2) is 70.5 Å². The number of benzene rings is 3. The number of alkyl halides is 2. The van der Waals surface area contributed by atoms with Crippen molar-refractivity contribution in [2.45, 2.75) is 9.79 Å². The number of hydrogen-bond acceptors (Lipinski definition) is 3. The molecule has 2 nitrogen and oxygen atoms in total. The quantitative estimate of drug-likeness (QED) is 0.421. The summed E-state index contributed by atoms with van der Waals surface area (Å²) in [5, 5.41) is 2.56. The highest BCUT2D eigenvalue weighted by atomic mass is 35.5. The van der Waals surface area contributed by atoms with E-state index in [1.165, 1.54) is 31.9 Å². The molecule has 1 aliphatic heterocycles. The molecule has 3 aromatic carbocycles. The van der Waals surface area contributed by atoms with Crippen LogP contribution in [-0.4, -0.2) is 42.8 Å². The summed E-state index contributed by atoms with van der Waals surface area (Å²) in [6.07, 6.45) is 0. The predicted molar refractivity (Wildman–Crippen MR) is 119 cm³/mol. The maximum Gasteiger partial charge on any atom is 0.0559 e. The molecule has 0 saturated carbocycles. The summed E-state index contributed by atoms with van der Waals surface area (Å²) in [7, 11) is 0. The number of anilines is 2. The molecule has 0 aromatic heterocycles. The van der Waals surface area contributed by atoms with E-state index in [2.05, 4.69) is 70.5 Å². The molecule has 140 valence electrons. The minimum Gasteiger partial charge on any atom is -0.338 e. The molecule has 0 atom stereocenters. The van der Waals surface area contributed by atoms with E-state index in [1.807, 2.05) is 11.8 Å². The van der Waals surface area contributed by atoms with Gasteiger partial charge in [-0.1, -0.05) is 48.2 Å². The maximum absolute atomic E-state index is 5.98. The second kappa shape index (κ2) is 8.74. The standard InChI is InChI=1S/C22H22Cl2N2S/c23-9-11-25(12-10-24)13-14-26-19-7-3-4-8-21(19)27-22-16-18-6-2-1-5-17(18)15-20(22)26/h1-8,15-16H,9-14H2. The molecular weight excluding hydrogens is 395 g/mol. The molecule has 0 spiro atoms. The molecule has 0 unspecified atom stereocenters. The van der Waals surface area contributed by atoms with Gasteiger partial charge in [-0.15, -0.1) is 23.2 Å². The van der Waals surface area contributed by atoms with Crippen LogP contribution in [0.1, 0.15) is 0 Å². The first-order valence-electron chi connectivity index (χ1n) is 9.21. The van der Waals surface area contributed by atoms with E-state index < -0.39 is 0 Å². The molecule has 27 heavy (non-hydrogen) atoms. The molecule has 4 rings (SSSR count). The van der Waals surface area contributed by atoms with Crippen LogP contribution in [0.4, 0.5) is 11.4 Å². The van der Waals surface area contributed by atoms with Crippen molar-refractivity contribution < 1.29 is 0 Å². The zero-order chi connectivity index (χ0) is 18.6. The fraction of sp³-hybridized carbons (Fsp3) is 0.273. The van der Waals surface area contributed by atoms with E-state index in [0.717, 1.165) is 26.2 Å². The van der Waals surface area contributed by atoms with Crippen LogP contribution in [0.25, 0.3) is 10.8 Å². The first-order chi connectivity index (χ1) is 13.3. The minimum absolute atomic E-state index is 0.630. The van der Waals surface area contributed by atoms with Gasteiger partial charge in [0.25, 0.3) is 0 Å². The van der Waals surface area contributed by atoms with E-state index in [-0.39, 0.29) is 0 Å². The van der Waals surface area contributed by atoms with Crippen LogP contribution < -0.4 is 4.90 Å². The fourth-order valence-corrected chi connectivity index (χ4v) is 5.18. The number of rotatable bonds is 7. The summed E-state index contributed by atoms with van der Waals surface area (Å²) in [6, 6.07) is 21.9. The molecule has 0 bridgehead atoms. The molecule has 0 fully saturated rings. The molecule has 0 aliphatic carbocycles. The zero-order valence-electron chi connectivity index (χ0n) is 15.1. The highest BCUT2D eigenvalue weighted by Gasteiger charge is 2.24. The van der Waals surface area contributed by atoms with Gasteiger partial charge in [-0.2, -0.15) is 0 Å². The Hall–Kier alpha value is -1.39. The van der Waals surface area contributed by atoms with Gasteiger partial charge >= 0.3 is 0 Å². The molecule has 1 aliphatic rings. The lowest BCUT2D eigenvalue weighted by atomic mass is 10.1. The lowest BCUT2D eigenvalue weighted by molar-refractivity contribution is 0.315. The van der Waals surface area contributed by atoms with Gasteiger partial charge in [0, 0.05) is 47.7 Å². The van der Waals surface area contributed by atoms with Crippen LogP contribution in [-0.2, 0) is 0 Å². The van der Waals surface area contributed by atoms with E-state index >= 15 is 0 Å². The van der Waals surface area contributed by atoms with Gasteiger partial charge in [0.15, 0.2) is 0 Å². The molecule has 3 aromatic rings. The third-order valence-corrected chi connectivity index (χ3v) is 6.39. The fourth-order valence-electron chi connectivity index (χ4n) is 3.57. The van der Waals surface area contributed by atoms with Crippen molar-refractivity contribution in [2.24, 2.45) is 0 Å². The number of fused-ring (bicyclic) bond motifs is 3. The van der Waals surface area contributed by atoms with Gasteiger partial charge in [0.05, 0.1) is 11.4 Å². The van der Waals surface area contributed by atoms with Gasteiger partial charge in [-0.25, -0.2) is 0 Å². The van der Waals surface area contributed by atoms with Crippen LogP contribution in [0.3, 0.4) is 0 Å². The SMILES string of the molecule is ClCCN(CCCl)CCN1c2ccccc2Sc2cc3ccccc3cc21. The summed E-state index contributed by atoms with van der Waals surface area (Å²) in [5.74, 6) is 1.26. The predicted octanol–water partition coefficient (Wildman–Crippen LogP) is 6.22. The van der Waals surface area contributed by atoms with Gasteiger partial charge in [0.2, 0.25) is 0 Å². The molecule has 1 heterocycles. The first-order valence-corrected chi connectivity index (χ1v) is 11.1. The normalized spacial score (nSPS) is 13.1. The molecule has 5 heteroatoms. The Balaban J connectivity index is 1.70. The second-order valence-electron chi connectivity index (χ2n) is 6.61. The summed E-state index contributed by atoms with van der Waals surface area (Å²) in [4.78, 5) is 7.41. The van der Waals surface area contributed by atoms with Gasteiger partial charge in [0.1, 0.15) is 0 Å². The Labute approximate surface area is 175 Å². The highest BCUT2D eigenvalue weighted by Crippen LogP contribution is 2.49. The highest BCUT2D eigenvalue weighted by molar-refractivity contribution is 7.99. The van der Waals surface area contributed by atoms with Crippen LogP contribution in [0, 0.1) is 0 Å². The number of halogens is 2. The smallest absolute Gasteiger partial charge is 0.0559 e.